The fourth-order valence-corrected chi connectivity index (χ4v) is 1.34. The van der Waals surface area contributed by atoms with E-state index >= 15 is 0 Å². The van der Waals surface area contributed by atoms with Crippen LogP contribution < -0.4 is 0 Å². The van der Waals surface area contributed by atoms with E-state index in [9.17, 15) is 4.79 Å². The molecule has 0 N–H and O–H groups in total. The van der Waals surface area contributed by atoms with Crippen molar-refractivity contribution in [3.05, 3.63) is 54.6 Å². The molecule has 0 fully saturated rings. The zero-order valence-electron chi connectivity index (χ0n) is 9.97. The predicted octanol–water partition coefficient (Wildman–Crippen LogP) is 3.60. The summed E-state index contributed by atoms with van der Waals surface area (Å²) in [4.78, 5) is 11.3. The fraction of sp³-hybridized carbons (Fsp3) is 0.267. The van der Waals surface area contributed by atoms with Gasteiger partial charge in [-0.3, -0.25) is 0 Å². The van der Waals surface area contributed by atoms with Crippen LogP contribution in [0.3, 0.4) is 0 Å². The Kier molecular flexibility index (Phi) is 6.49. The summed E-state index contributed by atoms with van der Waals surface area (Å²) in [5.74, 6) is -0.285. The zero-order chi connectivity index (χ0) is 12.3. The first-order chi connectivity index (χ1) is 8.33. The van der Waals surface area contributed by atoms with Gasteiger partial charge < -0.3 is 4.74 Å². The van der Waals surface area contributed by atoms with E-state index in [2.05, 4.69) is 6.58 Å². The Hall–Kier alpha value is -1.83. The van der Waals surface area contributed by atoms with Gasteiger partial charge in [0.05, 0.1) is 6.61 Å². The Morgan fingerprint density at radius 3 is 2.71 bits per heavy atom. The molecule has 0 heterocycles. The summed E-state index contributed by atoms with van der Waals surface area (Å²) in [6.45, 7) is 4.12. The van der Waals surface area contributed by atoms with Crippen molar-refractivity contribution in [2.45, 2.75) is 19.3 Å². The highest BCUT2D eigenvalue weighted by Crippen LogP contribution is 2.01. The molecule has 1 aromatic carbocycles. The number of rotatable bonds is 7. The first-order valence-corrected chi connectivity index (χ1v) is 5.83. The van der Waals surface area contributed by atoms with Crippen LogP contribution in [-0.2, 0) is 9.53 Å². The van der Waals surface area contributed by atoms with Crippen molar-refractivity contribution < 1.29 is 9.53 Å². The molecule has 0 aliphatic heterocycles. The molecular weight excluding hydrogens is 212 g/mol. The maximum atomic E-state index is 11.3. The lowest BCUT2D eigenvalue weighted by Gasteiger charge is -2.00. The van der Waals surface area contributed by atoms with Gasteiger partial charge in [-0.1, -0.05) is 36.4 Å². The second-order valence-corrected chi connectivity index (χ2v) is 3.70. The first-order valence-electron chi connectivity index (χ1n) is 5.83. The SMILES string of the molecule is C=CCCCCOC(=O)C=Cc1ccccc1. The van der Waals surface area contributed by atoms with Gasteiger partial charge in [0.25, 0.3) is 0 Å². The lowest BCUT2D eigenvalue weighted by atomic mass is 10.2. The van der Waals surface area contributed by atoms with Crippen LogP contribution >= 0.6 is 0 Å². The Morgan fingerprint density at radius 2 is 2.00 bits per heavy atom. The first kappa shape index (κ1) is 13.2. The Bertz CT molecular complexity index is 366. The smallest absolute Gasteiger partial charge is 0.330 e. The molecule has 0 radical (unpaired) electrons. The second kappa shape index (κ2) is 8.34. The van der Waals surface area contributed by atoms with Gasteiger partial charge in [-0.15, -0.1) is 6.58 Å². The van der Waals surface area contributed by atoms with E-state index in [0.717, 1.165) is 24.8 Å². The summed E-state index contributed by atoms with van der Waals surface area (Å²) in [5.41, 5.74) is 0.996. The highest BCUT2D eigenvalue weighted by molar-refractivity contribution is 5.86. The molecular formula is C15H18O2. The molecule has 0 aliphatic carbocycles. The summed E-state index contributed by atoms with van der Waals surface area (Å²) < 4.78 is 5.05. The monoisotopic (exact) mass is 230 g/mol. The fourth-order valence-electron chi connectivity index (χ4n) is 1.34. The third-order valence-corrected chi connectivity index (χ3v) is 2.26. The number of benzene rings is 1. The summed E-state index contributed by atoms with van der Waals surface area (Å²) in [5, 5.41) is 0. The molecule has 1 rings (SSSR count). The van der Waals surface area contributed by atoms with E-state index < -0.39 is 0 Å². The van der Waals surface area contributed by atoms with E-state index in [1.54, 1.807) is 6.08 Å². The third-order valence-electron chi connectivity index (χ3n) is 2.26. The highest BCUT2D eigenvalue weighted by atomic mass is 16.5. The molecule has 2 heteroatoms. The van der Waals surface area contributed by atoms with Gasteiger partial charge in [0.2, 0.25) is 0 Å². The van der Waals surface area contributed by atoms with Gasteiger partial charge in [-0.2, -0.15) is 0 Å². The molecule has 0 saturated carbocycles. The van der Waals surface area contributed by atoms with E-state index in [1.807, 2.05) is 36.4 Å². The van der Waals surface area contributed by atoms with Crippen molar-refractivity contribution in [2.75, 3.05) is 6.61 Å². The summed E-state index contributed by atoms with van der Waals surface area (Å²) >= 11 is 0. The molecule has 0 saturated heterocycles. The van der Waals surface area contributed by atoms with Gasteiger partial charge in [0, 0.05) is 6.08 Å². The van der Waals surface area contributed by atoms with Crippen LogP contribution in [0.2, 0.25) is 0 Å². The number of hydrogen-bond acceptors (Lipinski definition) is 2. The highest BCUT2D eigenvalue weighted by Gasteiger charge is 1.96. The molecule has 0 atom stereocenters. The van der Waals surface area contributed by atoms with E-state index in [1.165, 1.54) is 6.08 Å². The van der Waals surface area contributed by atoms with Gasteiger partial charge in [-0.25, -0.2) is 4.79 Å². The van der Waals surface area contributed by atoms with Gasteiger partial charge in [0.15, 0.2) is 0 Å². The molecule has 0 spiro atoms. The Morgan fingerprint density at radius 1 is 1.24 bits per heavy atom. The number of carbonyl (C=O) groups excluding carboxylic acids is 1. The summed E-state index contributed by atoms with van der Waals surface area (Å²) in [7, 11) is 0. The minimum atomic E-state index is -0.285. The van der Waals surface area contributed by atoms with Crippen molar-refractivity contribution in [1.82, 2.24) is 0 Å². The van der Waals surface area contributed by atoms with Crippen LogP contribution in [0.25, 0.3) is 6.08 Å². The zero-order valence-corrected chi connectivity index (χ0v) is 9.97. The van der Waals surface area contributed by atoms with Crippen LogP contribution in [0.4, 0.5) is 0 Å². The second-order valence-electron chi connectivity index (χ2n) is 3.70. The maximum Gasteiger partial charge on any atom is 0.330 e. The van der Waals surface area contributed by atoms with Crippen molar-refractivity contribution >= 4 is 12.0 Å². The minimum absolute atomic E-state index is 0.285. The average molecular weight is 230 g/mol. The predicted molar refractivity (Wildman–Crippen MR) is 70.5 cm³/mol. The van der Waals surface area contributed by atoms with Crippen molar-refractivity contribution in [2.24, 2.45) is 0 Å². The Labute approximate surface area is 103 Å². The van der Waals surface area contributed by atoms with Gasteiger partial charge in [0.1, 0.15) is 0 Å². The van der Waals surface area contributed by atoms with Crippen molar-refractivity contribution in [1.29, 1.82) is 0 Å². The number of ether oxygens (including phenoxy) is 1. The van der Waals surface area contributed by atoms with Crippen LogP contribution in [-0.4, -0.2) is 12.6 Å². The number of hydrogen-bond donors (Lipinski definition) is 0. The van der Waals surface area contributed by atoms with Gasteiger partial charge >= 0.3 is 5.97 Å². The van der Waals surface area contributed by atoms with Crippen LogP contribution in [0.15, 0.2) is 49.1 Å². The van der Waals surface area contributed by atoms with Crippen molar-refractivity contribution in [3.8, 4) is 0 Å². The lowest BCUT2D eigenvalue weighted by Crippen LogP contribution is -2.01. The standard InChI is InChI=1S/C15H18O2/c1-2-3-4-8-13-17-15(16)12-11-14-9-6-5-7-10-14/h2,5-7,9-12H,1,3-4,8,13H2. The normalized spacial score (nSPS) is 10.4. The van der Waals surface area contributed by atoms with E-state index in [4.69, 9.17) is 4.74 Å². The molecule has 0 aromatic heterocycles. The lowest BCUT2D eigenvalue weighted by molar-refractivity contribution is -0.137. The third kappa shape index (κ3) is 6.36. The summed E-state index contributed by atoms with van der Waals surface area (Å²) in [6.07, 6.45) is 7.96. The van der Waals surface area contributed by atoms with E-state index in [-0.39, 0.29) is 5.97 Å². The van der Waals surface area contributed by atoms with Crippen molar-refractivity contribution in [3.63, 3.8) is 0 Å². The largest absolute Gasteiger partial charge is 0.463 e. The quantitative estimate of drug-likeness (QED) is 0.309. The van der Waals surface area contributed by atoms with Crippen LogP contribution in [0.5, 0.6) is 0 Å². The molecule has 90 valence electrons. The van der Waals surface area contributed by atoms with Gasteiger partial charge in [-0.05, 0) is 30.9 Å². The maximum absolute atomic E-state index is 11.3. The topological polar surface area (TPSA) is 26.3 Å². The number of unbranched alkanes of at least 4 members (excludes halogenated alkanes) is 2. The molecule has 0 unspecified atom stereocenters. The van der Waals surface area contributed by atoms with Crippen LogP contribution in [0, 0.1) is 0 Å². The number of carbonyl (C=O) groups is 1. The molecule has 0 amide bonds. The minimum Gasteiger partial charge on any atom is -0.463 e. The number of esters is 1. The summed E-state index contributed by atoms with van der Waals surface area (Å²) in [6, 6.07) is 9.68. The average Bonchev–Trinajstić information content (AvgIpc) is 2.37. The Balaban J connectivity index is 2.21. The van der Waals surface area contributed by atoms with Crippen LogP contribution in [0.1, 0.15) is 24.8 Å². The molecule has 0 bridgehead atoms. The molecule has 17 heavy (non-hydrogen) atoms. The molecule has 1 aromatic rings. The van der Waals surface area contributed by atoms with E-state index in [0.29, 0.717) is 6.61 Å². The molecule has 0 aliphatic rings. The number of allylic oxidation sites excluding steroid dienone is 1. The molecule has 2 nitrogen and oxygen atoms in total.